The average Bonchev–Trinajstić information content (AvgIpc) is 2.72. The van der Waals surface area contributed by atoms with Crippen LogP contribution >= 0.6 is 0 Å². The van der Waals surface area contributed by atoms with Crippen molar-refractivity contribution in [1.29, 1.82) is 0 Å². The first kappa shape index (κ1) is 19.8. The maximum atomic E-state index is 12.6. The molecule has 152 valence electrons. The lowest BCUT2D eigenvalue weighted by Crippen LogP contribution is -2.41. The summed E-state index contributed by atoms with van der Waals surface area (Å²) in [5.74, 6) is 1.17. The largest absolute Gasteiger partial charge is 0.356 e. The first-order valence-corrected chi connectivity index (χ1v) is 11.4. The van der Waals surface area contributed by atoms with Crippen molar-refractivity contribution >= 4 is 26.7 Å². The number of aromatic nitrogens is 2. The summed E-state index contributed by atoms with van der Waals surface area (Å²) in [7, 11) is -3.49. The molecule has 1 aliphatic heterocycles. The van der Waals surface area contributed by atoms with Gasteiger partial charge in [0.2, 0.25) is 10.0 Å². The van der Waals surface area contributed by atoms with Crippen molar-refractivity contribution in [3.8, 4) is 0 Å². The molecule has 0 bridgehead atoms. The van der Waals surface area contributed by atoms with Crippen molar-refractivity contribution in [3.63, 3.8) is 0 Å². The van der Waals surface area contributed by atoms with Gasteiger partial charge in [0.05, 0.1) is 10.4 Å². The minimum absolute atomic E-state index is 0.235. The van der Waals surface area contributed by atoms with Crippen molar-refractivity contribution in [2.24, 2.45) is 5.92 Å². The highest BCUT2D eigenvalue weighted by Gasteiger charge is 2.24. The third kappa shape index (κ3) is 4.41. The van der Waals surface area contributed by atoms with Crippen LogP contribution < -0.4 is 9.62 Å². The zero-order chi connectivity index (χ0) is 20.4. The lowest BCUT2D eigenvalue weighted by molar-refractivity contribution is 0.410. The van der Waals surface area contributed by atoms with Crippen LogP contribution in [0.15, 0.2) is 53.7 Å². The molecule has 4 rings (SSSR count). The minimum Gasteiger partial charge on any atom is -0.356 e. The molecule has 29 heavy (non-hydrogen) atoms. The van der Waals surface area contributed by atoms with E-state index in [1.165, 1.54) is 5.56 Å². The van der Waals surface area contributed by atoms with Crippen LogP contribution in [0, 0.1) is 19.8 Å². The van der Waals surface area contributed by atoms with E-state index in [-0.39, 0.29) is 5.92 Å². The molecular weight excluding hydrogens is 384 g/mol. The standard InChI is InChI=1S/C22H26N4O2S/c1-16-5-8-19(9-6-16)29(27,28)25-13-18-4-3-11-26(14-18)22-20-12-17(2)7-10-21(20)23-15-24-22/h5-10,12,15,18,25H,3-4,11,13-14H2,1-2H3. The molecule has 0 amide bonds. The SMILES string of the molecule is Cc1ccc(S(=O)(=O)NCC2CCCN(c3ncnc4ccc(C)cc34)C2)cc1. The zero-order valence-electron chi connectivity index (χ0n) is 16.8. The Morgan fingerprint density at radius 3 is 2.62 bits per heavy atom. The molecule has 7 heteroatoms. The monoisotopic (exact) mass is 410 g/mol. The van der Waals surface area contributed by atoms with Gasteiger partial charge in [0, 0.05) is 25.0 Å². The molecule has 0 radical (unpaired) electrons. The number of nitrogens with zero attached hydrogens (tertiary/aromatic N) is 3. The summed E-state index contributed by atoms with van der Waals surface area (Å²) in [4.78, 5) is 11.5. The molecule has 2 aromatic carbocycles. The number of nitrogens with one attached hydrogen (secondary N) is 1. The molecule has 1 aliphatic rings. The molecule has 1 unspecified atom stereocenters. The van der Waals surface area contributed by atoms with Gasteiger partial charge in [0.15, 0.2) is 0 Å². The van der Waals surface area contributed by atoms with E-state index in [9.17, 15) is 8.42 Å². The first-order valence-electron chi connectivity index (χ1n) is 9.95. The Hall–Kier alpha value is -2.51. The van der Waals surface area contributed by atoms with Gasteiger partial charge in [0.1, 0.15) is 12.1 Å². The van der Waals surface area contributed by atoms with E-state index < -0.39 is 10.0 Å². The molecule has 1 N–H and O–H groups in total. The van der Waals surface area contributed by atoms with Gasteiger partial charge in [-0.25, -0.2) is 23.1 Å². The Labute approximate surface area is 172 Å². The Morgan fingerprint density at radius 1 is 1.07 bits per heavy atom. The Balaban J connectivity index is 1.48. The van der Waals surface area contributed by atoms with Crippen molar-refractivity contribution in [2.45, 2.75) is 31.6 Å². The summed E-state index contributed by atoms with van der Waals surface area (Å²) < 4.78 is 28.0. The molecule has 0 spiro atoms. The average molecular weight is 411 g/mol. The van der Waals surface area contributed by atoms with Crippen molar-refractivity contribution in [3.05, 3.63) is 59.9 Å². The quantitative estimate of drug-likeness (QED) is 0.697. The third-order valence-electron chi connectivity index (χ3n) is 5.48. The topological polar surface area (TPSA) is 75.2 Å². The molecule has 3 aromatic rings. The van der Waals surface area contributed by atoms with Crippen LogP contribution in [0.5, 0.6) is 0 Å². The van der Waals surface area contributed by atoms with Gasteiger partial charge in [-0.3, -0.25) is 0 Å². The van der Waals surface area contributed by atoms with Crippen LogP contribution in [0.2, 0.25) is 0 Å². The third-order valence-corrected chi connectivity index (χ3v) is 6.92. The summed E-state index contributed by atoms with van der Waals surface area (Å²) in [5.41, 5.74) is 3.15. The highest BCUT2D eigenvalue weighted by Crippen LogP contribution is 2.28. The predicted octanol–water partition coefficient (Wildman–Crippen LogP) is 3.44. The fourth-order valence-electron chi connectivity index (χ4n) is 3.86. The molecule has 0 saturated carbocycles. The van der Waals surface area contributed by atoms with Gasteiger partial charge < -0.3 is 4.90 Å². The summed E-state index contributed by atoms with van der Waals surface area (Å²) >= 11 is 0. The fourth-order valence-corrected chi connectivity index (χ4v) is 4.98. The Bertz CT molecular complexity index is 1110. The van der Waals surface area contributed by atoms with Gasteiger partial charge in [-0.2, -0.15) is 0 Å². The number of sulfonamides is 1. The summed E-state index contributed by atoms with van der Waals surface area (Å²) in [6.07, 6.45) is 3.61. The number of aryl methyl sites for hydroxylation is 2. The van der Waals surface area contributed by atoms with E-state index in [1.807, 2.05) is 25.1 Å². The number of benzene rings is 2. The Kier molecular flexibility index (Phi) is 5.52. The van der Waals surface area contributed by atoms with Gasteiger partial charge in [-0.05, 0) is 56.9 Å². The molecular formula is C22H26N4O2S. The van der Waals surface area contributed by atoms with E-state index in [0.717, 1.165) is 48.2 Å². The van der Waals surface area contributed by atoms with Crippen LogP contribution in [0.25, 0.3) is 10.9 Å². The maximum absolute atomic E-state index is 12.6. The second-order valence-electron chi connectivity index (χ2n) is 7.84. The number of fused-ring (bicyclic) bond motifs is 1. The number of anilines is 1. The number of hydrogen-bond donors (Lipinski definition) is 1. The number of rotatable bonds is 5. The lowest BCUT2D eigenvalue weighted by atomic mass is 9.98. The summed E-state index contributed by atoms with van der Waals surface area (Å²) in [5, 5.41) is 1.05. The Morgan fingerprint density at radius 2 is 1.83 bits per heavy atom. The van der Waals surface area contributed by atoms with Crippen LogP contribution in [-0.2, 0) is 10.0 Å². The second-order valence-corrected chi connectivity index (χ2v) is 9.60. The van der Waals surface area contributed by atoms with E-state index >= 15 is 0 Å². The van der Waals surface area contributed by atoms with Crippen molar-refractivity contribution in [2.75, 3.05) is 24.5 Å². The molecule has 0 aliphatic carbocycles. The number of hydrogen-bond acceptors (Lipinski definition) is 5. The van der Waals surface area contributed by atoms with Gasteiger partial charge in [-0.15, -0.1) is 0 Å². The van der Waals surface area contributed by atoms with E-state index in [4.69, 9.17) is 0 Å². The second kappa shape index (κ2) is 8.08. The highest BCUT2D eigenvalue weighted by atomic mass is 32.2. The van der Waals surface area contributed by atoms with E-state index in [2.05, 4.69) is 38.6 Å². The number of piperidine rings is 1. The van der Waals surface area contributed by atoms with Crippen LogP contribution in [0.1, 0.15) is 24.0 Å². The molecule has 1 atom stereocenters. The van der Waals surface area contributed by atoms with Crippen LogP contribution in [-0.4, -0.2) is 38.0 Å². The van der Waals surface area contributed by atoms with Gasteiger partial charge in [0.25, 0.3) is 0 Å². The predicted molar refractivity (Wildman–Crippen MR) is 116 cm³/mol. The normalized spacial score (nSPS) is 17.6. The van der Waals surface area contributed by atoms with E-state index in [1.54, 1.807) is 18.5 Å². The lowest BCUT2D eigenvalue weighted by Gasteiger charge is -2.34. The molecule has 6 nitrogen and oxygen atoms in total. The summed E-state index contributed by atoms with van der Waals surface area (Å²) in [6.45, 7) is 6.13. The smallest absolute Gasteiger partial charge is 0.240 e. The van der Waals surface area contributed by atoms with Crippen molar-refractivity contribution in [1.82, 2.24) is 14.7 Å². The molecule has 2 heterocycles. The molecule has 1 fully saturated rings. The van der Waals surface area contributed by atoms with Crippen LogP contribution in [0.3, 0.4) is 0 Å². The first-order chi connectivity index (χ1) is 13.9. The van der Waals surface area contributed by atoms with Gasteiger partial charge >= 0.3 is 0 Å². The molecule has 1 saturated heterocycles. The highest BCUT2D eigenvalue weighted by molar-refractivity contribution is 7.89. The fraction of sp³-hybridized carbons (Fsp3) is 0.364. The summed E-state index contributed by atoms with van der Waals surface area (Å²) in [6, 6.07) is 13.1. The maximum Gasteiger partial charge on any atom is 0.240 e. The minimum atomic E-state index is -3.49. The molecule has 1 aromatic heterocycles. The zero-order valence-corrected chi connectivity index (χ0v) is 17.6. The van der Waals surface area contributed by atoms with Gasteiger partial charge in [-0.1, -0.05) is 29.3 Å². The van der Waals surface area contributed by atoms with Crippen LogP contribution in [0.4, 0.5) is 5.82 Å². The van der Waals surface area contributed by atoms with Crippen molar-refractivity contribution < 1.29 is 8.42 Å². The van der Waals surface area contributed by atoms with E-state index in [0.29, 0.717) is 11.4 Å².